The first-order valence-corrected chi connectivity index (χ1v) is 11.3. The van der Waals surface area contributed by atoms with Gasteiger partial charge in [0.15, 0.2) is 5.76 Å². The van der Waals surface area contributed by atoms with E-state index in [4.69, 9.17) is 4.42 Å². The van der Waals surface area contributed by atoms with E-state index in [1.807, 2.05) is 12.1 Å². The van der Waals surface area contributed by atoms with Gasteiger partial charge in [0, 0.05) is 20.0 Å². The van der Waals surface area contributed by atoms with Gasteiger partial charge in [-0.1, -0.05) is 24.3 Å². The van der Waals surface area contributed by atoms with Crippen LogP contribution in [0.3, 0.4) is 0 Å². The maximum absolute atomic E-state index is 12.2. The number of hydrogen-bond donors (Lipinski definition) is 1. The van der Waals surface area contributed by atoms with E-state index in [9.17, 15) is 18.0 Å². The number of amides is 2. The minimum Gasteiger partial charge on any atom is -0.459 e. The van der Waals surface area contributed by atoms with Crippen molar-refractivity contribution in [3.63, 3.8) is 0 Å². The van der Waals surface area contributed by atoms with Crippen LogP contribution in [0.25, 0.3) is 0 Å². The van der Waals surface area contributed by atoms with Crippen LogP contribution in [-0.2, 0) is 21.2 Å². The van der Waals surface area contributed by atoms with Crippen molar-refractivity contribution >= 4 is 21.8 Å². The first-order chi connectivity index (χ1) is 13.7. The molecule has 0 bridgehead atoms. The lowest BCUT2D eigenvalue weighted by Gasteiger charge is -2.16. The molecular weight excluding hydrogens is 392 g/mol. The second-order valence-corrected chi connectivity index (χ2v) is 9.37. The lowest BCUT2D eigenvalue weighted by atomic mass is 9.96. The van der Waals surface area contributed by atoms with E-state index in [0.717, 1.165) is 18.4 Å². The van der Waals surface area contributed by atoms with Crippen molar-refractivity contribution < 1.29 is 22.4 Å². The Hall–Kier alpha value is -2.61. The minimum absolute atomic E-state index is 0.0444. The number of fused-ring (bicyclic) bond motifs is 1. The van der Waals surface area contributed by atoms with E-state index in [2.05, 4.69) is 16.9 Å². The predicted octanol–water partition coefficient (Wildman–Crippen LogP) is 2.62. The van der Waals surface area contributed by atoms with E-state index in [0.29, 0.717) is 12.3 Å². The molecule has 7 nitrogen and oxygen atoms in total. The van der Waals surface area contributed by atoms with Crippen LogP contribution in [0.15, 0.2) is 41.0 Å². The molecule has 1 heterocycles. The summed E-state index contributed by atoms with van der Waals surface area (Å²) in [5, 5.41) is 0. The quantitative estimate of drug-likeness (QED) is 0.711. The number of carbonyl (C=O) groups is 2. The van der Waals surface area contributed by atoms with Gasteiger partial charge in [0.25, 0.3) is 5.91 Å². The third-order valence-corrected chi connectivity index (χ3v) is 6.49. The van der Waals surface area contributed by atoms with Crippen LogP contribution in [0.5, 0.6) is 0 Å². The second kappa shape index (κ2) is 8.82. The molecule has 1 aromatic heterocycles. The molecule has 2 aromatic rings. The lowest BCUT2D eigenvalue weighted by Crippen LogP contribution is -2.38. The predicted molar refractivity (Wildman–Crippen MR) is 109 cm³/mol. The van der Waals surface area contributed by atoms with Crippen molar-refractivity contribution in [2.45, 2.75) is 38.5 Å². The number of rotatable bonds is 8. The van der Waals surface area contributed by atoms with Gasteiger partial charge < -0.3 is 9.32 Å². The highest BCUT2D eigenvalue weighted by Gasteiger charge is 2.24. The lowest BCUT2D eigenvalue weighted by molar-refractivity contribution is -0.119. The van der Waals surface area contributed by atoms with Crippen LogP contribution in [0.1, 0.15) is 52.4 Å². The first kappa shape index (κ1) is 21.1. The number of aryl methyl sites for hydroxylation is 2. The van der Waals surface area contributed by atoms with Crippen LogP contribution in [-0.4, -0.2) is 44.5 Å². The van der Waals surface area contributed by atoms with E-state index < -0.39 is 21.8 Å². The Balaban J connectivity index is 1.45. The van der Waals surface area contributed by atoms with Crippen LogP contribution in [0.2, 0.25) is 0 Å². The molecule has 156 valence electrons. The van der Waals surface area contributed by atoms with Crippen LogP contribution in [0.4, 0.5) is 0 Å². The highest BCUT2D eigenvalue weighted by molar-refractivity contribution is 7.90. The van der Waals surface area contributed by atoms with Gasteiger partial charge in [0.1, 0.15) is 0 Å². The molecule has 1 aliphatic rings. The molecule has 1 aromatic carbocycles. The zero-order chi connectivity index (χ0) is 21.0. The van der Waals surface area contributed by atoms with Crippen molar-refractivity contribution in [1.29, 1.82) is 0 Å². The average molecular weight is 419 g/mol. The molecule has 0 saturated carbocycles. The zero-order valence-electron chi connectivity index (χ0n) is 16.7. The van der Waals surface area contributed by atoms with Crippen molar-refractivity contribution in [1.82, 2.24) is 9.62 Å². The summed E-state index contributed by atoms with van der Waals surface area (Å²) in [5.74, 6) is -0.819. The number of hydrogen-bond acceptors (Lipinski definition) is 5. The van der Waals surface area contributed by atoms with Gasteiger partial charge in [0.2, 0.25) is 15.9 Å². The number of nitrogens with one attached hydrogen (secondary N) is 1. The summed E-state index contributed by atoms with van der Waals surface area (Å²) in [4.78, 5) is 25.6. The van der Waals surface area contributed by atoms with Crippen molar-refractivity contribution in [3.8, 4) is 0 Å². The Kier molecular flexibility index (Phi) is 6.42. The fourth-order valence-corrected chi connectivity index (χ4v) is 4.68. The van der Waals surface area contributed by atoms with E-state index >= 15 is 0 Å². The third-order valence-electron chi connectivity index (χ3n) is 5.23. The summed E-state index contributed by atoms with van der Waals surface area (Å²) >= 11 is 0. The summed E-state index contributed by atoms with van der Waals surface area (Å²) in [6, 6.07) is 9.77. The Morgan fingerprint density at radius 1 is 1.28 bits per heavy atom. The maximum atomic E-state index is 12.2. The summed E-state index contributed by atoms with van der Waals surface area (Å²) < 4.78 is 31.7. The largest absolute Gasteiger partial charge is 0.459 e. The number of benzene rings is 1. The maximum Gasteiger partial charge on any atom is 0.289 e. The van der Waals surface area contributed by atoms with Crippen molar-refractivity contribution in [2.75, 3.05) is 19.3 Å². The molecule has 0 aliphatic heterocycles. The Bertz CT molecular complexity index is 996. The zero-order valence-corrected chi connectivity index (χ0v) is 17.5. The van der Waals surface area contributed by atoms with Gasteiger partial charge in [-0.3, -0.25) is 14.3 Å². The monoisotopic (exact) mass is 418 g/mol. The standard InChI is InChI=1S/C21H26N2O5S/c1-15-13-19(28-14-15)21(25)23(2)11-12-29(26,27)22-20(24)10-9-17-8-7-16-5-3-4-6-18(16)17/h3-6,13-14,17H,7-12H2,1-2H3,(H,22,24). The molecule has 1 unspecified atom stereocenters. The van der Waals surface area contributed by atoms with Crippen LogP contribution in [0, 0.1) is 6.92 Å². The summed E-state index contributed by atoms with van der Waals surface area (Å²) in [7, 11) is -2.32. The highest BCUT2D eigenvalue weighted by Crippen LogP contribution is 2.35. The van der Waals surface area contributed by atoms with Crippen molar-refractivity contribution in [3.05, 3.63) is 59.0 Å². The molecule has 1 N–H and O–H groups in total. The highest BCUT2D eigenvalue weighted by atomic mass is 32.2. The van der Waals surface area contributed by atoms with E-state index in [1.165, 1.54) is 29.3 Å². The molecular formula is C21H26N2O5S. The smallest absolute Gasteiger partial charge is 0.289 e. The Labute approximate surface area is 171 Å². The van der Waals surface area contributed by atoms with Gasteiger partial charge in [-0.15, -0.1) is 0 Å². The van der Waals surface area contributed by atoms with E-state index in [-0.39, 0.29) is 24.5 Å². The molecule has 0 saturated heterocycles. The van der Waals surface area contributed by atoms with Gasteiger partial charge >= 0.3 is 0 Å². The molecule has 8 heteroatoms. The molecule has 1 atom stereocenters. The van der Waals surface area contributed by atoms with Gasteiger partial charge in [-0.05, 0) is 54.9 Å². The molecule has 0 radical (unpaired) electrons. The molecule has 0 fully saturated rings. The number of sulfonamides is 1. The number of furan rings is 1. The number of carbonyl (C=O) groups excluding carboxylic acids is 2. The summed E-state index contributed by atoms with van der Waals surface area (Å²) in [5.41, 5.74) is 3.38. The van der Waals surface area contributed by atoms with Gasteiger partial charge in [-0.2, -0.15) is 0 Å². The number of nitrogens with zero attached hydrogens (tertiary/aromatic N) is 1. The Morgan fingerprint density at radius 2 is 2.03 bits per heavy atom. The van der Waals surface area contributed by atoms with Crippen LogP contribution < -0.4 is 4.72 Å². The topological polar surface area (TPSA) is 96.7 Å². The molecule has 3 rings (SSSR count). The SMILES string of the molecule is Cc1coc(C(=O)N(C)CCS(=O)(=O)NC(=O)CCC2CCc3ccccc32)c1. The fourth-order valence-electron chi connectivity index (χ4n) is 3.62. The fraction of sp³-hybridized carbons (Fsp3) is 0.429. The molecule has 29 heavy (non-hydrogen) atoms. The van der Waals surface area contributed by atoms with E-state index in [1.54, 1.807) is 13.0 Å². The third kappa shape index (κ3) is 5.47. The average Bonchev–Trinajstić information content (AvgIpc) is 3.30. The Morgan fingerprint density at radius 3 is 2.76 bits per heavy atom. The first-order valence-electron chi connectivity index (χ1n) is 9.67. The normalized spacial score (nSPS) is 15.7. The minimum atomic E-state index is -3.82. The summed E-state index contributed by atoms with van der Waals surface area (Å²) in [6.07, 6.45) is 4.21. The van der Waals surface area contributed by atoms with Gasteiger partial charge in [0.05, 0.1) is 12.0 Å². The van der Waals surface area contributed by atoms with Gasteiger partial charge in [-0.25, -0.2) is 8.42 Å². The molecule has 1 aliphatic carbocycles. The van der Waals surface area contributed by atoms with Crippen LogP contribution >= 0.6 is 0 Å². The van der Waals surface area contributed by atoms with Crippen molar-refractivity contribution in [2.24, 2.45) is 0 Å². The second-order valence-electron chi connectivity index (χ2n) is 7.53. The summed E-state index contributed by atoms with van der Waals surface area (Å²) in [6.45, 7) is 1.75. The molecule has 2 amide bonds. The molecule has 0 spiro atoms.